The fourth-order valence-electron chi connectivity index (χ4n) is 2.58. The van der Waals surface area contributed by atoms with Gasteiger partial charge in [-0.3, -0.25) is 4.79 Å². The fourth-order valence-corrected chi connectivity index (χ4v) is 3.12. The Morgan fingerprint density at radius 1 is 1.07 bits per heavy atom. The van der Waals surface area contributed by atoms with Gasteiger partial charge in [-0.2, -0.15) is 0 Å². The number of aryl methyl sites for hydroxylation is 1. The van der Waals surface area contributed by atoms with Crippen LogP contribution in [0.2, 0.25) is 0 Å². The number of primary sulfonamides is 1. The van der Waals surface area contributed by atoms with E-state index in [0.717, 1.165) is 18.1 Å². The smallest absolute Gasteiger partial charge is 0.342 e. The first-order chi connectivity index (χ1) is 13.7. The zero-order valence-corrected chi connectivity index (χ0v) is 17.4. The summed E-state index contributed by atoms with van der Waals surface area (Å²) in [5.41, 5.74) is 2.02. The zero-order chi connectivity index (χ0) is 21.6. The van der Waals surface area contributed by atoms with Crippen LogP contribution in [-0.2, 0) is 32.5 Å². The summed E-state index contributed by atoms with van der Waals surface area (Å²) in [5, 5.41) is 5.09. The number of benzene rings is 2. The van der Waals surface area contributed by atoms with Gasteiger partial charge in [0.1, 0.15) is 11.3 Å². The lowest BCUT2D eigenvalue weighted by molar-refractivity contribution is -0.133. The van der Waals surface area contributed by atoms with Gasteiger partial charge in [-0.05, 0) is 35.7 Å². The van der Waals surface area contributed by atoms with Crippen LogP contribution in [0.15, 0.2) is 47.4 Å². The number of likely N-dealkylation sites (N-methyl/N-ethyl adjacent to an activating group) is 1. The highest BCUT2D eigenvalue weighted by atomic mass is 32.2. The molecule has 0 bridgehead atoms. The number of sulfonamides is 1. The van der Waals surface area contributed by atoms with Crippen LogP contribution in [0, 0.1) is 0 Å². The molecule has 2 N–H and O–H groups in total. The molecular weight excluding hydrogens is 396 g/mol. The van der Waals surface area contributed by atoms with Crippen LogP contribution in [0.4, 0.5) is 0 Å². The van der Waals surface area contributed by atoms with Crippen LogP contribution in [-0.4, -0.2) is 46.0 Å². The molecule has 0 saturated carbocycles. The van der Waals surface area contributed by atoms with Gasteiger partial charge < -0.3 is 14.4 Å². The van der Waals surface area contributed by atoms with Crippen molar-refractivity contribution in [1.29, 1.82) is 0 Å². The molecular formula is C20H24N2O6S. The summed E-state index contributed by atoms with van der Waals surface area (Å²) in [6.07, 6.45) is 0.932. The lowest BCUT2D eigenvalue weighted by Crippen LogP contribution is -2.31. The van der Waals surface area contributed by atoms with Crippen LogP contribution in [0.5, 0.6) is 5.75 Å². The molecule has 0 aromatic heterocycles. The first kappa shape index (κ1) is 22.4. The summed E-state index contributed by atoms with van der Waals surface area (Å²) in [5.74, 6) is -1.18. The first-order valence-corrected chi connectivity index (χ1v) is 10.4. The Morgan fingerprint density at radius 3 is 2.24 bits per heavy atom. The molecule has 2 aromatic carbocycles. The lowest BCUT2D eigenvalue weighted by Gasteiger charge is -2.18. The van der Waals surface area contributed by atoms with E-state index in [1.165, 1.54) is 29.7 Å². The second kappa shape index (κ2) is 9.53. The highest BCUT2D eigenvalue weighted by molar-refractivity contribution is 7.89. The van der Waals surface area contributed by atoms with Gasteiger partial charge in [-0.25, -0.2) is 18.4 Å². The van der Waals surface area contributed by atoms with E-state index < -0.39 is 28.5 Å². The number of carbonyl (C=O) groups is 2. The normalized spacial score (nSPS) is 11.0. The molecule has 0 heterocycles. The van der Waals surface area contributed by atoms with Gasteiger partial charge in [0.2, 0.25) is 10.0 Å². The van der Waals surface area contributed by atoms with E-state index in [-0.39, 0.29) is 16.2 Å². The van der Waals surface area contributed by atoms with Crippen molar-refractivity contribution in [3.05, 3.63) is 59.2 Å². The molecule has 2 rings (SSSR count). The number of amides is 1. The Balaban J connectivity index is 2.02. The number of rotatable bonds is 8. The monoisotopic (exact) mass is 420 g/mol. The molecule has 0 aliphatic heterocycles. The Hall–Kier alpha value is -2.91. The molecule has 2 aromatic rings. The standard InChI is InChI=1S/C20H24N2O6S/c1-4-14-5-7-15(8-6-14)12-22(2)19(23)13-28-20(24)17-11-16(29(21,25)26)9-10-18(17)27-3/h5-11H,4,12-13H2,1-3H3,(H2,21,25,26). The summed E-state index contributed by atoms with van der Waals surface area (Å²) in [6.45, 7) is 1.93. The zero-order valence-electron chi connectivity index (χ0n) is 16.5. The number of hydrogen-bond donors (Lipinski definition) is 1. The summed E-state index contributed by atoms with van der Waals surface area (Å²) < 4.78 is 33.1. The van der Waals surface area contributed by atoms with Gasteiger partial charge in [-0.15, -0.1) is 0 Å². The molecule has 9 heteroatoms. The van der Waals surface area contributed by atoms with Gasteiger partial charge in [-0.1, -0.05) is 31.2 Å². The molecule has 0 unspecified atom stereocenters. The van der Waals surface area contributed by atoms with Crippen molar-refractivity contribution in [2.24, 2.45) is 5.14 Å². The van der Waals surface area contributed by atoms with Crippen molar-refractivity contribution >= 4 is 21.9 Å². The quantitative estimate of drug-likeness (QED) is 0.650. The minimum absolute atomic E-state index is 0.110. The minimum atomic E-state index is -4.01. The molecule has 0 saturated heterocycles. The number of carbonyl (C=O) groups excluding carboxylic acids is 2. The molecule has 8 nitrogen and oxygen atoms in total. The predicted octanol–water partition coefficient (Wildman–Crippen LogP) is 1.72. The van der Waals surface area contributed by atoms with E-state index in [4.69, 9.17) is 14.6 Å². The van der Waals surface area contributed by atoms with Crippen LogP contribution in [0.3, 0.4) is 0 Å². The summed E-state index contributed by atoms with van der Waals surface area (Å²) in [7, 11) is -1.08. The maximum atomic E-state index is 12.4. The Bertz CT molecular complexity index is 987. The molecule has 156 valence electrons. The Labute approximate surface area is 170 Å². The molecule has 0 radical (unpaired) electrons. The van der Waals surface area contributed by atoms with Crippen molar-refractivity contribution in [3.63, 3.8) is 0 Å². The highest BCUT2D eigenvalue weighted by Gasteiger charge is 2.20. The number of hydrogen-bond acceptors (Lipinski definition) is 6. The van der Waals surface area contributed by atoms with E-state index in [1.807, 2.05) is 24.3 Å². The van der Waals surface area contributed by atoms with Crippen molar-refractivity contribution in [2.75, 3.05) is 20.8 Å². The second-order valence-electron chi connectivity index (χ2n) is 6.40. The number of esters is 1. The number of nitrogens with zero attached hydrogens (tertiary/aromatic N) is 1. The van der Waals surface area contributed by atoms with Crippen molar-refractivity contribution in [2.45, 2.75) is 24.8 Å². The predicted molar refractivity (Wildman–Crippen MR) is 107 cm³/mol. The molecule has 0 spiro atoms. The topological polar surface area (TPSA) is 116 Å². The van der Waals surface area contributed by atoms with Crippen LogP contribution in [0.25, 0.3) is 0 Å². The van der Waals surface area contributed by atoms with Gasteiger partial charge in [0.05, 0.1) is 12.0 Å². The second-order valence-corrected chi connectivity index (χ2v) is 7.96. The van der Waals surface area contributed by atoms with Crippen LogP contribution in [0.1, 0.15) is 28.4 Å². The highest BCUT2D eigenvalue weighted by Crippen LogP contribution is 2.22. The Kier molecular flexibility index (Phi) is 7.35. The Morgan fingerprint density at radius 2 is 1.69 bits per heavy atom. The minimum Gasteiger partial charge on any atom is -0.496 e. The van der Waals surface area contributed by atoms with Gasteiger partial charge >= 0.3 is 5.97 Å². The largest absolute Gasteiger partial charge is 0.496 e. The van der Waals surface area contributed by atoms with Crippen molar-refractivity contribution in [3.8, 4) is 5.75 Å². The SMILES string of the molecule is CCc1ccc(CN(C)C(=O)COC(=O)c2cc(S(N)(=O)=O)ccc2OC)cc1. The number of ether oxygens (including phenoxy) is 2. The third-order valence-electron chi connectivity index (χ3n) is 4.32. The fraction of sp³-hybridized carbons (Fsp3) is 0.300. The van der Waals surface area contributed by atoms with Crippen molar-refractivity contribution < 1.29 is 27.5 Å². The van der Waals surface area contributed by atoms with Gasteiger partial charge in [0.15, 0.2) is 6.61 Å². The molecule has 1 amide bonds. The van der Waals surface area contributed by atoms with E-state index in [2.05, 4.69) is 6.92 Å². The van der Waals surface area contributed by atoms with E-state index in [0.29, 0.717) is 6.54 Å². The lowest BCUT2D eigenvalue weighted by atomic mass is 10.1. The first-order valence-electron chi connectivity index (χ1n) is 8.85. The third kappa shape index (κ3) is 6.03. The maximum absolute atomic E-state index is 12.4. The average Bonchev–Trinajstić information content (AvgIpc) is 2.71. The van der Waals surface area contributed by atoms with Crippen molar-refractivity contribution in [1.82, 2.24) is 4.90 Å². The van der Waals surface area contributed by atoms with E-state index in [1.54, 1.807) is 7.05 Å². The molecule has 0 aliphatic carbocycles. The summed E-state index contributed by atoms with van der Waals surface area (Å²) in [4.78, 5) is 25.8. The van der Waals surface area contributed by atoms with E-state index in [9.17, 15) is 18.0 Å². The van der Waals surface area contributed by atoms with Gasteiger partial charge in [0, 0.05) is 13.6 Å². The summed E-state index contributed by atoms with van der Waals surface area (Å²) in [6, 6.07) is 11.4. The molecule has 0 fully saturated rings. The molecule has 0 aliphatic rings. The van der Waals surface area contributed by atoms with E-state index >= 15 is 0 Å². The van der Waals surface area contributed by atoms with Gasteiger partial charge in [0.25, 0.3) is 5.91 Å². The van der Waals surface area contributed by atoms with Crippen LogP contribution >= 0.6 is 0 Å². The van der Waals surface area contributed by atoms with Crippen LogP contribution < -0.4 is 9.88 Å². The molecule has 0 atom stereocenters. The molecule has 29 heavy (non-hydrogen) atoms. The maximum Gasteiger partial charge on any atom is 0.342 e. The summed E-state index contributed by atoms with van der Waals surface area (Å²) >= 11 is 0. The number of methoxy groups -OCH3 is 1. The average molecular weight is 420 g/mol. The third-order valence-corrected chi connectivity index (χ3v) is 5.23. The number of nitrogens with two attached hydrogens (primary N) is 1.